The van der Waals surface area contributed by atoms with Crippen LogP contribution in [0.4, 0.5) is 10.2 Å². The fourth-order valence-electron chi connectivity index (χ4n) is 2.19. The van der Waals surface area contributed by atoms with Crippen LogP contribution in [0.1, 0.15) is 23.7 Å². The molecule has 6 heteroatoms. The van der Waals surface area contributed by atoms with Crippen LogP contribution in [0.3, 0.4) is 0 Å². The van der Waals surface area contributed by atoms with E-state index in [9.17, 15) is 14.3 Å². The lowest BCUT2D eigenvalue weighted by atomic mass is 9.95. The number of anilines is 1. The summed E-state index contributed by atoms with van der Waals surface area (Å²) < 4.78 is 14.0. The topological polar surface area (TPSA) is 65.5 Å². The molecule has 5 nitrogen and oxygen atoms in total. The van der Waals surface area contributed by atoms with Crippen molar-refractivity contribution in [2.45, 2.75) is 19.4 Å². The molecule has 2 N–H and O–H groups in total. The van der Waals surface area contributed by atoms with Crippen molar-refractivity contribution in [2.24, 2.45) is 5.92 Å². The monoisotopic (exact) mass is 267 g/mol. The van der Waals surface area contributed by atoms with E-state index in [0.29, 0.717) is 6.54 Å². The summed E-state index contributed by atoms with van der Waals surface area (Å²) in [7, 11) is 1.55. The molecule has 19 heavy (non-hydrogen) atoms. The average molecular weight is 267 g/mol. The number of aliphatic hydroxyl groups excluding tert-OH is 1. The average Bonchev–Trinajstić information content (AvgIpc) is 2.41. The summed E-state index contributed by atoms with van der Waals surface area (Å²) in [6.07, 6.45) is 1.57. The van der Waals surface area contributed by atoms with Gasteiger partial charge in [-0.3, -0.25) is 4.79 Å². The standard InChI is InChI=1S/C13H18FN3O2/c1-8-4-6-17(7-10(8)18)13(19)9-3-5-16-12(15-2)11(9)14/h3,5,8,10,18H,4,6-7H2,1-2H3,(H,15,16). The van der Waals surface area contributed by atoms with Crippen LogP contribution in [0.2, 0.25) is 0 Å². The van der Waals surface area contributed by atoms with E-state index in [-0.39, 0.29) is 23.8 Å². The van der Waals surface area contributed by atoms with Crippen molar-refractivity contribution in [3.8, 4) is 0 Å². The number of aliphatic hydroxyl groups is 1. The van der Waals surface area contributed by atoms with Gasteiger partial charge in [0.2, 0.25) is 0 Å². The lowest BCUT2D eigenvalue weighted by molar-refractivity contribution is 0.0246. The number of β-amino-alcohol motifs (C(OH)–C–C–N with tert-alkyl or cyclic N) is 1. The van der Waals surface area contributed by atoms with E-state index in [1.807, 2.05) is 6.92 Å². The van der Waals surface area contributed by atoms with Crippen molar-refractivity contribution in [1.29, 1.82) is 0 Å². The molecule has 0 aliphatic carbocycles. The van der Waals surface area contributed by atoms with Crippen LogP contribution in [-0.4, -0.2) is 47.1 Å². The highest BCUT2D eigenvalue weighted by Gasteiger charge is 2.29. The van der Waals surface area contributed by atoms with Gasteiger partial charge in [0.15, 0.2) is 11.6 Å². The van der Waals surface area contributed by atoms with Crippen molar-refractivity contribution in [1.82, 2.24) is 9.88 Å². The number of pyridine rings is 1. The Kier molecular flexibility index (Phi) is 3.99. The number of halogens is 1. The molecule has 0 spiro atoms. The molecule has 0 aromatic carbocycles. The lowest BCUT2D eigenvalue weighted by Gasteiger charge is -2.34. The predicted octanol–water partition coefficient (Wildman–Crippen LogP) is 1.11. The number of piperidine rings is 1. The van der Waals surface area contributed by atoms with E-state index in [2.05, 4.69) is 10.3 Å². The third kappa shape index (κ3) is 2.68. The van der Waals surface area contributed by atoms with Gasteiger partial charge in [-0.05, 0) is 18.4 Å². The summed E-state index contributed by atoms with van der Waals surface area (Å²) in [6.45, 7) is 2.73. The molecule has 2 unspecified atom stereocenters. The molecular formula is C13H18FN3O2. The zero-order valence-electron chi connectivity index (χ0n) is 11.1. The summed E-state index contributed by atoms with van der Waals surface area (Å²) in [5.74, 6) is -0.832. The number of carbonyl (C=O) groups excluding carboxylic acids is 1. The normalized spacial score (nSPS) is 23.3. The molecule has 2 heterocycles. The fraction of sp³-hybridized carbons (Fsp3) is 0.538. The van der Waals surface area contributed by atoms with Gasteiger partial charge in [-0.1, -0.05) is 6.92 Å². The van der Waals surface area contributed by atoms with E-state index in [1.165, 1.54) is 17.2 Å². The molecule has 1 aromatic rings. The molecule has 1 aliphatic heterocycles. The Labute approximate surface area is 111 Å². The van der Waals surface area contributed by atoms with Crippen molar-refractivity contribution >= 4 is 11.7 Å². The van der Waals surface area contributed by atoms with Crippen LogP contribution in [0.5, 0.6) is 0 Å². The zero-order chi connectivity index (χ0) is 14.0. The van der Waals surface area contributed by atoms with Crippen LogP contribution in [-0.2, 0) is 0 Å². The van der Waals surface area contributed by atoms with Crippen LogP contribution < -0.4 is 5.32 Å². The van der Waals surface area contributed by atoms with E-state index >= 15 is 0 Å². The third-order valence-corrected chi connectivity index (χ3v) is 3.56. The number of carbonyl (C=O) groups is 1. The quantitative estimate of drug-likeness (QED) is 0.842. The van der Waals surface area contributed by atoms with Crippen LogP contribution in [0.15, 0.2) is 12.3 Å². The highest BCUT2D eigenvalue weighted by atomic mass is 19.1. The Bertz CT molecular complexity index is 481. The number of amides is 1. The van der Waals surface area contributed by atoms with E-state index < -0.39 is 17.8 Å². The number of nitrogens with one attached hydrogen (secondary N) is 1. The minimum Gasteiger partial charge on any atom is -0.391 e. The first-order valence-corrected chi connectivity index (χ1v) is 6.34. The molecule has 2 atom stereocenters. The minimum atomic E-state index is -0.650. The van der Waals surface area contributed by atoms with Gasteiger partial charge in [-0.2, -0.15) is 0 Å². The van der Waals surface area contributed by atoms with Crippen LogP contribution in [0.25, 0.3) is 0 Å². The second-order valence-corrected chi connectivity index (χ2v) is 4.86. The highest BCUT2D eigenvalue weighted by Crippen LogP contribution is 2.21. The maximum absolute atomic E-state index is 14.0. The second-order valence-electron chi connectivity index (χ2n) is 4.86. The van der Waals surface area contributed by atoms with Crippen molar-refractivity contribution in [3.05, 3.63) is 23.6 Å². The van der Waals surface area contributed by atoms with Crippen molar-refractivity contribution in [2.75, 3.05) is 25.5 Å². The van der Waals surface area contributed by atoms with Crippen molar-refractivity contribution < 1.29 is 14.3 Å². The number of hydrogen-bond donors (Lipinski definition) is 2. The molecule has 1 aromatic heterocycles. The first-order chi connectivity index (χ1) is 9.04. The number of likely N-dealkylation sites (tertiary alicyclic amines) is 1. The van der Waals surface area contributed by atoms with E-state index in [0.717, 1.165) is 6.42 Å². The maximum Gasteiger partial charge on any atom is 0.257 e. The van der Waals surface area contributed by atoms with Gasteiger partial charge in [-0.15, -0.1) is 0 Å². The van der Waals surface area contributed by atoms with E-state index in [1.54, 1.807) is 7.05 Å². The molecule has 1 saturated heterocycles. The van der Waals surface area contributed by atoms with Crippen LogP contribution in [0, 0.1) is 11.7 Å². The highest BCUT2D eigenvalue weighted by molar-refractivity contribution is 5.95. The predicted molar refractivity (Wildman–Crippen MR) is 69.4 cm³/mol. The number of aromatic nitrogens is 1. The summed E-state index contributed by atoms with van der Waals surface area (Å²) in [4.78, 5) is 17.6. The van der Waals surface area contributed by atoms with Gasteiger partial charge in [0.1, 0.15) is 0 Å². The van der Waals surface area contributed by atoms with Gasteiger partial charge in [0.05, 0.1) is 11.7 Å². The molecule has 1 amide bonds. The Morgan fingerprint density at radius 1 is 1.63 bits per heavy atom. The third-order valence-electron chi connectivity index (χ3n) is 3.56. The number of nitrogens with zero attached hydrogens (tertiary/aromatic N) is 2. The molecule has 0 radical (unpaired) electrons. The molecule has 2 rings (SSSR count). The van der Waals surface area contributed by atoms with Gasteiger partial charge in [0, 0.05) is 26.3 Å². The number of rotatable bonds is 2. The summed E-state index contributed by atoms with van der Waals surface area (Å²) in [6, 6.07) is 1.36. The molecule has 104 valence electrons. The largest absolute Gasteiger partial charge is 0.391 e. The van der Waals surface area contributed by atoms with Gasteiger partial charge in [0.25, 0.3) is 5.91 Å². The molecular weight excluding hydrogens is 249 g/mol. The summed E-state index contributed by atoms with van der Waals surface area (Å²) >= 11 is 0. The maximum atomic E-state index is 14.0. The Balaban J connectivity index is 2.20. The molecule has 1 aliphatic rings. The van der Waals surface area contributed by atoms with Gasteiger partial charge >= 0.3 is 0 Å². The first-order valence-electron chi connectivity index (χ1n) is 6.34. The Hall–Kier alpha value is -1.69. The first kappa shape index (κ1) is 13.7. The lowest BCUT2D eigenvalue weighted by Crippen LogP contribution is -2.46. The number of hydrogen-bond acceptors (Lipinski definition) is 4. The minimum absolute atomic E-state index is 0.0129. The molecule has 0 saturated carbocycles. The van der Waals surface area contributed by atoms with E-state index in [4.69, 9.17) is 0 Å². The van der Waals surface area contributed by atoms with Crippen LogP contribution >= 0.6 is 0 Å². The zero-order valence-corrected chi connectivity index (χ0v) is 11.1. The smallest absolute Gasteiger partial charge is 0.257 e. The summed E-state index contributed by atoms with van der Waals surface area (Å²) in [5, 5.41) is 12.4. The molecule has 0 bridgehead atoms. The van der Waals surface area contributed by atoms with Crippen molar-refractivity contribution in [3.63, 3.8) is 0 Å². The Morgan fingerprint density at radius 3 is 3.00 bits per heavy atom. The SMILES string of the molecule is CNc1nccc(C(=O)N2CCC(C)C(O)C2)c1F. The second kappa shape index (κ2) is 5.52. The van der Waals surface area contributed by atoms with Gasteiger partial charge in [-0.25, -0.2) is 9.37 Å². The Morgan fingerprint density at radius 2 is 2.37 bits per heavy atom. The summed E-state index contributed by atoms with van der Waals surface area (Å²) in [5.41, 5.74) is -0.0129. The van der Waals surface area contributed by atoms with Gasteiger partial charge < -0.3 is 15.3 Å². The molecule has 1 fully saturated rings. The fourth-order valence-corrected chi connectivity index (χ4v) is 2.19.